The zero-order valence-electron chi connectivity index (χ0n) is 23.2. The number of carbonyl (C=O) groups excluding carboxylic acids is 2. The van der Waals surface area contributed by atoms with Gasteiger partial charge in [-0.15, -0.1) is 0 Å². The number of aliphatic imine (C=N–C) groups is 1. The van der Waals surface area contributed by atoms with Crippen LogP contribution in [0.1, 0.15) is 32.7 Å². The van der Waals surface area contributed by atoms with Gasteiger partial charge in [0.05, 0.1) is 48.6 Å². The van der Waals surface area contributed by atoms with Crippen LogP contribution in [-0.4, -0.2) is 70.1 Å². The van der Waals surface area contributed by atoms with Crippen LogP contribution in [0.3, 0.4) is 0 Å². The predicted molar refractivity (Wildman–Crippen MR) is 154 cm³/mol. The second kappa shape index (κ2) is 13.4. The van der Waals surface area contributed by atoms with Gasteiger partial charge in [-0.2, -0.15) is 0 Å². The van der Waals surface area contributed by atoms with Crippen molar-refractivity contribution in [2.45, 2.75) is 20.4 Å². The van der Waals surface area contributed by atoms with Crippen LogP contribution < -0.4 is 24.6 Å². The molecule has 10 heteroatoms. The van der Waals surface area contributed by atoms with E-state index >= 15 is 0 Å². The van der Waals surface area contributed by atoms with Gasteiger partial charge >= 0.3 is 0 Å². The van der Waals surface area contributed by atoms with Crippen LogP contribution in [0.15, 0.2) is 47.6 Å². The number of carbonyl (C=O) groups is 2. The number of nitrogens with zero attached hydrogens (tertiary/aromatic N) is 4. The first-order valence-corrected chi connectivity index (χ1v) is 12.4. The second-order valence-electron chi connectivity index (χ2n) is 9.01. The van der Waals surface area contributed by atoms with Crippen LogP contribution >= 0.6 is 0 Å². The number of aliphatic hydroxyl groups excluding tert-OH is 1. The summed E-state index contributed by atoms with van der Waals surface area (Å²) in [5, 5.41) is 12.5. The zero-order valence-corrected chi connectivity index (χ0v) is 23.2. The Morgan fingerprint density at radius 2 is 1.87 bits per heavy atom. The molecule has 0 spiro atoms. The van der Waals surface area contributed by atoms with E-state index in [0.29, 0.717) is 52.8 Å². The number of anilines is 3. The molecule has 0 bridgehead atoms. The van der Waals surface area contributed by atoms with E-state index in [1.165, 1.54) is 12.0 Å². The van der Waals surface area contributed by atoms with Crippen LogP contribution in [0, 0.1) is 13.8 Å². The fraction of sp³-hybridized carbons (Fsp3) is 0.310. The summed E-state index contributed by atoms with van der Waals surface area (Å²) in [6, 6.07) is 11.0. The second-order valence-corrected chi connectivity index (χ2v) is 9.01. The molecule has 2 aromatic carbocycles. The first kappa shape index (κ1) is 29.1. The number of hydrogen-bond acceptors (Lipinski definition) is 8. The van der Waals surface area contributed by atoms with Crippen LogP contribution in [0.5, 0.6) is 11.5 Å². The quantitative estimate of drug-likeness (QED) is 0.206. The molecule has 0 saturated carbocycles. The Kier molecular flexibility index (Phi) is 9.99. The molecular formula is C29H35N5O5. The largest absolute Gasteiger partial charge is 0.496 e. The van der Waals surface area contributed by atoms with E-state index in [1.807, 2.05) is 57.1 Å². The fourth-order valence-corrected chi connectivity index (χ4v) is 4.37. The van der Waals surface area contributed by atoms with E-state index in [2.05, 4.69) is 15.3 Å². The Morgan fingerprint density at radius 3 is 2.38 bits per heavy atom. The lowest BCUT2D eigenvalue weighted by molar-refractivity contribution is -0.107. The molecule has 0 unspecified atom stereocenters. The van der Waals surface area contributed by atoms with Gasteiger partial charge in [-0.25, -0.2) is 0 Å². The minimum absolute atomic E-state index is 0.0864. The molecule has 39 heavy (non-hydrogen) atoms. The summed E-state index contributed by atoms with van der Waals surface area (Å²) in [7, 11) is 6.82. The number of aromatic nitrogens is 1. The third-order valence-corrected chi connectivity index (χ3v) is 6.11. The van der Waals surface area contributed by atoms with Gasteiger partial charge in [0.1, 0.15) is 23.9 Å². The van der Waals surface area contributed by atoms with Gasteiger partial charge in [0.2, 0.25) is 6.41 Å². The number of nitrogens with one attached hydrogen (secondary N) is 1. The van der Waals surface area contributed by atoms with Crippen molar-refractivity contribution >= 4 is 35.6 Å². The molecule has 0 aliphatic carbocycles. The number of amidine groups is 1. The predicted octanol–water partition coefficient (Wildman–Crippen LogP) is 3.61. The number of ether oxygens (including phenoxy) is 2. The lowest BCUT2D eigenvalue weighted by Gasteiger charge is -2.29. The smallest absolute Gasteiger partial charge is 0.214 e. The number of pyridine rings is 1. The van der Waals surface area contributed by atoms with E-state index < -0.39 is 0 Å². The monoisotopic (exact) mass is 533 g/mol. The van der Waals surface area contributed by atoms with Crippen molar-refractivity contribution in [2.24, 2.45) is 4.99 Å². The number of aryl methyl sites for hydroxylation is 2. The van der Waals surface area contributed by atoms with Crippen LogP contribution in [0.2, 0.25) is 0 Å². The van der Waals surface area contributed by atoms with E-state index in [-0.39, 0.29) is 25.3 Å². The number of benzene rings is 2. The maximum Gasteiger partial charge on any atom is 0.214 e. The third kappa shape index (κ3) is 6.53. The van der Waals surface area contributed by atoms with Gasteiger partial charge in [-0.3, -0.25) is 19.6 Å². The summed E-state index contributed by atoms with van der Waals surface area (Å²) < 4.78 is 11.3. The van der Waals surface area contributed by atoms with E-state index in [0.717, 1.165) is 16.7 Å². The first-order valence-electron chi connectivity index (χ1n) is 12.4. The number of aldehydes is 1. The molecule has 0 aliphatic heterocycles. The molecule has 0 aliphatic rings. The zero-order chi connectivity index (χ0) is 28.5. The highest BCUT2D eigenvalue weighted by Gasteiger charge is 2.26. The summed E-state index contributed by atoms with van der Waals surface area (Å²) in [5.41, 5.74) is 4.89. The summed E-state index contributed by atoms with van der Waals surface area (Å²) >= 11 is 0. The normalized spacial score (nSPS) is 11.1. The molecule has 206 valence electrons. The van der Waals surface area contributed by atoms with E-state index in [4.69, 9.17) is 14.6 Å². The summed E-state index contributed by atoms with van der Waals surface area (Å²) in [4.78, 5) is 37.1. The number of methoxy groups -OCH3 is 1. The van der Waals surface area contributed by atoms with Crippen molar-refractivity contribution in [2.75, 3.05) is 56.6 Å². The fourth-order valence-electron chi connectivity index (χ4n) is 4.37. The SMILES string of the molecule is CN=C(Nc1c(C=O)c(OC)cc(N(C)C)c1N(C=O)Cc1ccccn1)c1cc(C)c(OCCO)c(C)c1. The van der Waals surface area contributed by atoms with Gasteiger partial charge < -0.3 is 29.7 Å². The van der Waals surface area contributed by atoms with Gasteiger partial charge in [0, 0.05) is 39.0 Å². The van der Waals surface area contributed by atoms with Crippen LogP contribution in [0.25, 0.3) is 0 Å². The molecule has 3 aromatic rings. The first-order chi connectivity index (χ1) is 18.8. The molecule has 0 fully saturated rings. The van der Waals surface area contributed by atoms with Crippen molar-refractivity contribution in [3.05, 3.63) is 70.5 Å². The highest BCUT2D eigenvalue weighted by molar-refractivity contribution is 6.15. The maximum absolute atomic E-state index is 12.5. The van der Waals surface area contributed by atoms with E-state index in [9.17, 15) is 9.59 Å². The van der Waals surface area contributed by atoms with E-state index in [1.54, 1.807) is 25.4 Å². The number of rotatable bonds is 12. The van der Waals surface area contributed by atoms with Crippen molar-refractivity contribution in [3.8, 4) is 11.5 Å². The molecule has 1 aromatic heterocycles. The van der Waals surface area contributed by atoms with Crippen molar-refractivity contribution in [3.63, 3.8) is 0 Å². The number of amides is 1. The standard InChI is InChI=1S/C29H35N5O5/c1-19-13-21(14-20(2)28(19)39-12-11-35)29(30-3)32-26-23(17-36)25(38-6)15-24(33(4)5)27(26)34(18-37)16-22-9-7-8-10-31-22/h7-10,13-15,17-18,35H,11-12,16H2,1-6H3,(H,30,32). The molecule has 0 radical (unpaired) electrons. The van der Waals surface area contributed by atoms with Gasteiger partial charge in [-0.05, 0) is 49.2 Å². The lowest BCUT2D eigenvalue weighted by atomic mass is 10.0. The Labute approximate surface area is 228 Å². The molecule has 0 atom stereocenters. The van der Waals surface area contributed by atoms with Crippen molar-refractivity contribution in [1.29, 1.82) is 0 Å². The average Bonchev–Trinajstić information content (AvgIpc) is 2.93. The third-order valence-electron chi connectivity index (χ3n) is 6.11. The molecule has 1 amide bonds. The highest BCUT2D eigenvalue weighted by atomic mass is 16.5. The Hall–Kier alpha value is -4.44. The highest BCUT2D eigenvalue weighted by Crippen LogP contribution is 2.43. The minimum Gasteiger partial charge on any atom is -0.496 e. The summed E-state index contributed by atoms with van der Waals surface area (Å²) in [6.45, 7) is 4.11. The van der Waals surface area contributed by atoms with Crippen molar-refractivity contribution < 1.29 is 24.2 Å². The molecule has 0 saturated heterocycles. The van der Waals surface area contributed by atoms with Gasteiger partial charge in [0.25, 0.3) is 0 Å². The van der Waals surface area contributed by atoms with Gasteiger partial charge in [0.15, 0.2) is 6.29 Å². The molecule has 10 nitrogen and oxygen atoms in total. The Balaban J connectivity index is 2.21. The van der Waals surface area contributed by atoms with Crippen molar-refractivity contribution in [1.82, 2.24) is 4.98 Å². The number of hydrogen-bond donors (Lipinski definition) is 2. The molecular weight excluding hydrogens is 498 g/mol. The Morgan fingerprint density at radius 1 is 1.15 bits per heavy atom. The summed E-state index contributed by atoms with van der Waals surface area (Å²) in [5.74, 6) is 1.51. The number of aliphatic hydroxyl groups is 1. The topological polar surface area (TPSA) is 117 Å². The minimum atomic E-state index is -0.0864. The molecule has 3 rings (SSSR count). The van der Waals surface area contributed by atoms with Crippen LogP contribution in [0.4, 0.5) is 17.1 Å². The van der Waals surface area contributed by atoms with Crippen LogP contribution in [-0.2, 0) is 11.3 Å². The maximum atomic E-state index is 12.5. The Bertz CT molecular complexity index is 1320. The van der Waals surface area contributed by atoms with Gasteiger partial charge in [-0.1, -0.05) is 6.07 Å². The molecule has 1 heterocycles. The summed E-state index contributed by atoms with van der Waals surface area (Å²) in [6.07, 6.45) is 3.08. The molecule has 2 N–H and O–H groups in total. The average molecular weight is 534 g/mol. The lowest BCUT2D eigenvalue weighted by Crippen LogP contribution is -2.27.